The molecule has 7 nitrogen and oxygen atoms in total. The Hall–Kier alpha value is -1.89. The van der Waals surface area contributed by atoms with Gasteiger partial charge in [-0.25, -0.2) is 4.98 Å². The summed E-state index contributed by atoms with van der Waals surface area (Å²) in [5.41, 5.74) is 5.44. The van der Waals surface area contributed by atoms with Gasteiger partial charge in [0.2, 0.25) is 0 Å². The van der Waals surface area contributed by atoms with Crippen LogP contribution in [0.2, 0.25) is 0 Å². The molecule has 100 valence electrons. The number of aromatic nitrogens is 1. The Labute approximate surface area is 105 Å². The predicted molar refractivity (Wildman–Crippen MR) is 69.5 cm³/mol. The van der Waals surface area contributed by atoms with Gasteiger partial charge in [-0.05, 0) is 19.3 Å². The van der Waals surface area contributed by atoms with Crippen LogP contribution >= 0.6 is 0 Å². The van der Waals surface area contributed by atoms with Crippen LogP contribution in [-0.4, -0.2) is 30.2 Å². The second kappa shape index (κ2) is 7.44. The second-order valence-electron chi connectivity index (χ2n) is 3.87. The van der Waals surface area contributed by atoms with Gasteiger partial charge in [-0.2, -0.15) is 0 Å². The lowest BCUT2D eigenvalue weighted by Crippen LogP contribution is -2.06. The molecule has 0 saturated carbocycles. The molecule has 0 aliphatic rings. The summed E-state index contributed by atoms with van der Waals surface area (Å²) in [4.78, 5) is 14.1. The number of nitro groups is 1. The van der Waals surface area contributed by atoms with Gasteiger partial charge < -0.3 is 15.8 Å². The molecule has 0 aliphatic heterocycles. The number of nitrogens with zero attached hydrogens (tertiary/aromatic N) is 2. The average Bonchev–Trinajstić information content (AvgIpc) is 2.33. The van der Waals surface area contributed by atoms with E-state index in [0.29, 0.717) is 12.4 Å². The van der Waals surface area contributed by atoms with Crippen molar-refractivity contribution in [3.8, 4) is 0 Å². The summed E-state index contributed by atoms with van der Waals surface area (Å²) in [7, 11) is 1.67. The molecule has 1 rings (SSSR count). The molecule has 0 atom stereocenters. The van der Waals surface area contributed by atoms with Gasteiger partial charge >= 0.3 is 0 Å². The van der Waals surface area contributed by atoms with E-state index < -0.39 is 4.92 Å². The van der Waals surface area contributed by atoms with E-state index in [4.69, 9.17) is 10.5 Å². The van der Waals surface area contributed by atoms with E-state index in [2.05, 4.69) is 10.3 Å². The summed E-state index contributed by atoms with van der Waals surface area (Å²) >= 11 is 0. The number of nitrogens with two attached hydrogens (primary N) is 1. The van der Waals surface area contributed by atoms with Crippen LogP contribution in [0.15, 0.2) is 12.1 Å². The third kappa shape index (κ3) is 4.96. The average molecular weight is 254 g/mol. The number of anilines is 2. The van der Waals surface area contributed by atoms with Crippen molar-refractivity contribution in [1.82, 2.24) is 4.98 Å². The van der Waals surface area contributed by atoms with E-state index in [0.717, 1.165) is 25.9 Å². The quantitative estimate of drug-likeness (QED) is 0.416. The van der Waals surface area contributed by atoms with E-state index in [9.17, 15) is 10.1 Å². The first-order chi connectivity index (χ1) is 8.63. The molecule has 0 amide bonds. The Morgan fingerprint density at radius 3 is 2.89 bits per heavy atom. The monoisotopic (exact) mass is 254 g/mol. The van der Waals surface area contributed by atoms with Crippen molar-refractivity contribution in [2.45, 2.75) is 19.3 Å². The van der Waals surface area contributed by atoms with Gasteiger partial charge in [-0.1, -0.05) is 0 Å². The van der Waals surface area contributed by atoms with Gasteiger partial charge in [-0.15, -0.1) is 0 Å². The normalized spacial score (nSPS) is 10.3. The van der Waals surface area contributed by atoms with E-state index >= 15 is 0 Å². The molecule has 0 spiro atoms. The number of methoxy groups -OCH3 is 1. The molecule has 1 aromatic rings. The highest BCUT2D eigenvalue weighted by Gasteiger charge is 2.09. The van der Waals surface area contributed by atoms with E-state index in [1.54, 1.807) is 7.11 Å². The first-order valence-corrected chi connectivity index (χ1v) is 5.78. The number of unbranched alkanes of at least 4 members (excludes halogenated alkanes) is 2. The zero-order valence-electron chi connectivity index (χ0n) is 10.4. The lowest BCUT2D eigenvalue weighted by atomic mass is 10.2. The van der Waals surface area contributed by atoms with Crippen LogP contribution in [-0.2, 0) is 4.74 Å². The van der Waals surface area contributed by atoms with Crippen molar-refractivity contribution in [2.75, 3.05) is 31.3 Å². The molecule has 18 heavy (non-hydrogen) atoms. The molecule has 1 aromatic heterocycles. The standard InChI is InChI=1S/C11H18N4O3/c1-18-6-4-2-3-5-13-11-8-9(15(16)17)7-10(12)14-11/h7-8H,2-6H2,1H3,(H3,12,13,14). The molecule has 0 fully saturated rings. The van der Waals surface area contributed by atoms with Crippen LogP contribution in [0.25, 0.3) is 0 Å². The molecule has 0 saturated heterocycles. The van der Waals surface area contributed by atoms with Gasteiger partial charge in [0.15, 0.2) is 0 Å². The maximum Gasteiger partial charge on any atom is 0.276 e. The number of nitrogen functional groups attached to an aromatic ring is 1. The number of nitrogens with one attached hydrogen (secondary N) is 1. The van der Waals surface area contributed by atoms with Gasteiger partial charge in [0.25, 0.3) is 5.69 Å². The molecule has 0 bridgehead atoms. The van der Waals surface area contributed by atoms with Crippen molar-refractivity contribution in [1.29, 1.82) is 0 Å². The van der Waals surface area contributed by atoms with Gasteiger partial charge in [0, 0.05) is 20.3 Å². The summed E-state index contributed by atoms with van der Waals surface area (Å²) in [5.74, 6) is 0.583. The second-order valence-corrected chi connectivity index (χ2v) is 3.87. The Kier molecular flexibility index (Phi) is 5.86. The van der Waals surface area contributed by atoms with Crippen molar-refractivity contribution in [3.63, 3.8) is 0 Å². The minimum absolute atomic E-state index is 0.0515. The van der Waals surface area contributed by atoms with Crippen LogP contribution in [0.5, 0.6) is 0 Å². The number of hydrogen-bond donors (Lipinski definition) is 2. The van der Waals surface area contributed by atoms with Crippen molar-refractivity contribution < 1.29 is 9.66 Å². The molecule has 0 radical (unpaired) electrons. The van der Waals surface area contributed by atoms with Crippen LogP contribution in [0.4, 0.5) is 17.3 Å². The zero-order valence-corrected chi connectivity index (χ0v) is 10.4. The fourth-order valence-electron chi connectivity index (χ4n) is 1.50. The first kappa shape index (κ1) is 14.2. The number of rotatable bonds is 8. The largest absolute Gasteiger partial charge is 0.385 e. The van der Waals surface area contributed by atoms with Crippen LogP contribution in [0.3, 0.4) is 0 Å². The smallest absolute Gasteiger partial charge is 0.276 e. The minimum atomic E-state index is -0.484. The third-order valence-electron chi connectivity index (χ3n) is 2.37. The Bertz CT molecular complexity index is 398. The fraction of sp³-hybridized carbons (Fsp3) is 0.545. The zero-order chi connectivity index (χ0) is 13.4. The Balaban J connectivity index is 2.40. The van der Waals surface area contributed by atoms with Crippen molar-refractivity contribution in [3.05, 3.63) is 22.2 Å². The fourth-order valence-corrected chi connectivity index (χ4v) is 1.50. The summed E-state index contributed by atoms with van der Waals surface area (Å²) < 4.78 is 4.94. The molecule has 0 aromatic carbocycles. The predicted octanol–water partition coefficient (Wildman–Crippen LogP) is 1.80. The van der Waals surface area contributed by atoms with Crippen LogP contribution in [0.1, 0.15) is 19.3 Å². The number of ether oxygens (including phenoxy) is 1. The van der Waals surface area contributed by atoms with E-state index in [-0.39, 0.29) is 11.5 Å². The topological polar surface area (TPSA) is 103 Å². The van der Waals surface area contributed by atoms with Crippen LogP contribution in [0, 0.1) is 10.1 Å². The molecular weight excluding hydrogens is 236 g/mol. The van der Waals surface area contributed by atoms with Gasteiger partial charge in [0.05, 0.1) is 17.1 Å². The molecular formula is C11H18N4O3. The molecule has 0 unspecified atom stereocenters. The lowest BCUT2D eigenvalue weighted by molar-refractivity contribution is -0.384. The molecule has 0 aliphatic carbocycles. The maximum absolute atomic E-state index is 10.6. The van der Waals surface area contributed by atoms with Gasteiger partial charge in [-0.3, -0.25) is 10.1 Å². The number of pyridine rings is 1. The van der Waals surface area contributed by atoms with E-state index in [1.165, 1.54) is 12.1 Å². The highest BCUT2D eigenvalue weighted by molar-refractivity contribution is 5.52. The van der Waals surface area contributed by atoms with Crippen molar-refractivity contribution in [2.24, 2.45) is 0 Å². The third-order valence-corrected chi connectivity index (χ3v) is 2.37. The SMILES string of the molecule is COCCCCCNc1cc([N+](=O)[O-])cc(N)n1. The van der Waals surface area contributed by atoms with Crippen molar-refractivity contribution >= 4 is 17.3 Å². The minimum Gasteiger partial charge on any atom is -0.385 e. The number of hydrogen-bond acceptors (Lipinski definition) is 6. The van der Waals surface area contributed by atoms with Gasteiger partial charge in [0.1, 0.15) is 11.6 Å². The van der Waals surface area contributed by atoms with E-state index in [1.807, 2.05) is 0 Å². The molecule has 3 N–H and O–H groups in total. The highest BCUT2D eigenvalue weighted by atomic mass is 16.6. The summed E-state index contributed by atoms with van der Waals surface area (Å²) in [6.45, 7) is 1.46. The summed E-state index contributed by atoms with van der Waals surface area (Å²) in [5, 5.41) is 13.7. The Morgan fingerprint density at radius 2 is 2.22 bits per heavy atom. The Morgan fingerprint density at radius 1 is 1.44 bits per heavy atom. The molecule has 7 heteroatoms. The summed E-state index contributed by atoms with van der Waals surface area (Å²) in [6, 6.07) is 2.62. The summed E-state index contributed by atoms with van der Waals surface area (Å²) in [6.07, 6.45) is 2.99. The lowest BCUT2D eigenvalue weighted by Gasteiger charge is -2.06. The maximum atomic E-state index is 10.6. The van der Waals surface area contributed by atoms with Crippen LogP contribution < -0.4 is 11.1 Å². The first-order valence-electron chi connectivity index (χ1n) is 5.78. The molecule has 1 heterocycles. The highest BCUT2D eigenvalue weighted by Crippen LogP contribution is 2.18.